The van der Waals surface area contributed by atoms with Crippen molar-refractivity contribution < 1.29 is 27.8 Å². The van der Waals surface area contributed by atoms with Crippen molar-refractivity contribution in [3.8, 4) is 0 Å². The van der Waals surface area contributed by atoms with Crippen LogP contribution in [-0.4, -0.2) is 47.6 Å². The Bertz CT molecular complexity index is 312. The van der Waals surface area contributed by atoms with Gasteiger partial charge in [-0.3, -0.25) is 0 Å². The SMILES string of the molecule is CC(C)(C)OC(=O)N1CC(CO)C(C(F)(F)F)C1. The molecule has 0 aromatic rings. The Balaban J connectivity index is 2.70. The van der Waals surface area contributed by atoms with E-state index in [2.05, 4.69) is 0 Å². The molecule has 1 N–H and O–H groups in total. The fraction of sp³-hybridized carbons (Fsp3) is 0.909. The molecule has 1 aliphatic rings. The average Bonchev–Trinajstić information content (AvgIpc) is 2.57. The Morgan fingerprint density at radius 1 is 1.33 bits per heavy atom. The highest BCUT2D eigenvalue weighted by atomic mass is 19.4. The number of ether oxygens (including phenoxy) is 1. The van der Waals surface area contributed by atoms with E-state index in [1.165, 1.54) is 0 Å². The van der Waals surface area contributed by atoms with Gasteiger partial charge in [-0.05, 0) is 20.8 Å². The van der Waals surface area contributed by atoms with Gasteiger partial charge in [0, 0.05) is 25.6 Å². The van der Waals surface area contributed by atoms with E-state index in [9.17, 15) is 18.0 Å². The van der Waals surface area contributed by atoms with Gasteiger partial charge in [-0.15, -0.1) is 0 Å². The van der Waals surface area contributed by atoms with Gasteiger partial charge in [-0.25, -0.2) is 4.79 Å². The van der Waals surface area contributed by atoms with E-state index in [0.717, 1.165) is 4.90 Å². The van der Waals surface area contributed by atoms with Gasteiger partial charge < -0.3 is 14.7 Å². The molecule has 4 nitrogen and oxygen atoms in total. The van der Waals surface area contributed by atoms with Crippen molar-refractivity contribution in [2.24, 2.45) is 11.8 Å². The summed E-state index contributed by atoms with van der Waals surface area (Å²) < 4.78 is 43.1. The number of aliphatic hydroxyl groups is 1. The molecule has 1 fully saturated rings. The number of likely N-dealkylation sites (tertiary alicyclic amines) is 1. The first-order valence-electron chi connectivity index (χ1n) is 5.70. The average molecular weight is 269 g/mol. The number of hydrogen-bond acceptors (Lipinski definition) is 3. The van der Waals surface area contributed by atoms with Gasteiger partial charge in [0.15, 0.2) is 0 Å². The Morgan fingerprint density at radius 2 is 1.89 bits per heavy atom. The summed E-state index contributed by atoms with van der Waals surface area (Å²) in [5.74, 6) is -2.66. The van der Waals surface area contributed by atoms with Crippen LogP contribution in [0.5, 0.6) is 0 Å². The van der Waals surface area contributed by atoms with Crippen molar-refractivity contribution in [3.63, 3.8) is 0 Å². The third-order valence-corrected chi connectivity index (χ3v) is 2.75. The molecule has 1 saturated heterocycles. The smallest absolute Gasteiger partial charge is 0.410 e. The number of carbonyl (C=O) groups excluding carboxylic acids is 1. The molecule has 2 unspecified atom stereocenters. The van der Waals surface area contributed by atoms with Crippen LogP contribution in [0.4, 0.5) is 18.0 Å². The van der Waals surface area contributed by atoms with Gasteiger partial charge in [-0.2, -0.15) is 13.2 Å². The first kappa shape index (κ1) is 15.1. The predicted octanol–water partition coefficient (Wildman–Crippen LogP) is 2.02. The monoisotopic (exact) mass is 269 g/mol. The van der Waals surface area contributed by atoms with Crippen LogP contribution >= 0.6 is 0 Å². The van der Waals surface area contributed by atoms with Gasteiger partial charge >= 0.3 is 12.3 Å². The van der Waals surface area contributed by atoms with E-state index >= 15 is 0 Å². The van der Waals surface area contributed by atoms with E-state index in [4.69, 9.17) is 9.84 Å². The minimum Gasteiger partial charge on any atom is -0.444 e. The van der Waals surface area contributed by atoms with Crippen LogP contribution in [0.1, 0.15) is 20.8 Å². The van der Waals surface area contributed by atoms with Crippen molar-refractivity contribution >= 4 is 6.09 Å². The number of nitrogens with zero attached hydrogens (tertiary/aromatic N) is 1. The quantitative estimate of drug-likeness (QED) is 0.792. The van der Waals surface area contributed by atoms with Gasteiger partial charge in [0.05, 0.1) is 5.92 Å². The van der Waals surface area contributed by atoms with Crippen LogP contribution in [-0.2, 0) is 4.74 Å². The van der Waals surface area contributed by atoms with Gasteiger partial charge in [-0.1, -0.05) is 0 Å². The summed E-state index contributed by atoms with van der Waals surface area (Å²) in [7, 11) is 0. The van der Waals surface area contributed by atoms with Crippen molar-refractivity contribution in [1.82, 2.24) is 4.90 Å². The van der Waals surface area contributed by atoms with Crippen LogP contribution in [0.15, 0.2) is 0 Å². The second-order valence-electron chi connectivity index (χ2n) is 5.48. The first-order chi connectivity index (χ1) is 8.04. The zero-order valence-electron chi connectivity index (χ0n) is 10.6. The Hall–Kier alpha value is -0.980. The molecule has 1 heterocycles. The van der Waals surface area contributed by atoms with Crippen LogP contribution < -0.4 is 0 Å². The number of alkyl halides is 3. The number of aliphatic hydroxyl groups excluding tert-OH is 1. The third-order valence-electron chi connectivity index (χ3n) is 2.75. The van der Waals surface area contributed by atoms with Gasteiger partial charge in [0.2, 0.25) is 0 Å². The van der Waals surface area contributed by atoms with Crippen molar-refractivity contribution in [2.45, 2.75) is 32.5 Å². The minimum atomic E-state index is -4.41. The van der Waals surface area contributed by atoms with Crippen LogP contribution in [0.3, 0.4) is 0 Å². The fourth-order valence-electron chi connectivity index (χ4n) is 1.90. The highest BCUT2D eigenvalue weighted by Crippen LogP contribution is 2.37. The molecule has 0 saturated carbocycles. The molecule has 1 amide bonds. The lowest BCUT2D eigenvalue weighted by Gasteiger charge is -2.24. The fourth-order valence-corrected chi connectivity index (χ4v) is 1.90. The van der Waals surface area contributed by atoms with E-state index in [0.29, 0.717) is 0 Å². The summed E-state index contributed by atoms with van der Waals surface area (Å²) in [6.07, 6.45) is -5.18. The largest absolute Gasteiger partial charge is 0.444 e. The highest BCUT2D eigenvalue weighted by Gasteiger charge is 2.50. The van der Waals surface area contributed by atoms with Crippen LogP contribution in [0, 0.1) is 11.8 Å². The summed E-state index contributed by atoms with van der Waals surface area (Å²) in [4.78, 5) is 12.7. The maximum absolute atomic E-state index is 12.7. The van der Waals surface area contributed by atoms with Gasteiger partial charge in [0.1, 0.15) is 5.60 Å². The molecule has 18 heavy (non-hydrogen) atoms. The molecule has 0 radical (unpaired) electrons. The predicted molar refractivity (Wildman–Crippen MR) is 57.9 cm³/mol. The van der Waals surface area contributed by atoms with Crippen LogP contribution in [0.2, 0.25) is 0 Å². The molecule has 106 valence electrons. The lowest BCUT2D eigenvalue weighted by molar-refractivity contribution is -0.182. The number of carbonyl (C=O) groups is 1. The van der Waals surface area contributed by atoms with E-state index in [-0.39, 0.29) is 6.54 Å². The summed E-state index contributed by atoms with van der Waals surface area (Å²) in [5, 5.41) is 8.95. The Kier molecular flexibility index (Phi) is 4.15. The maximum atomic E-state index is 12.7. The molecule has 7 heteroatoms. The van der Waals surface area contributed by atoms with Crippen molar-refractivity contribution in [3.05, 3.63) is 0 Å². The number of amides is 1. The summed E-state index contributed by atoms with van der Waals surface area (Å²) in [6.45, 7) is 3.76. The molecule has 0 spiro atoms. The standard InChI is InChI=1S/C11H18F3NO3/c1-10(2,3)18-9(17)15-4-7(6-16)8(5-15)11(12,13)14/h7-8,16H,4-6H2,1-3H3. The zero-order chi connectivity index (χ0) is 14.1. The Morgan fingerprint density at radius 3 is 2.22 bits per heavy atom. The summed E-state index contributed by atoms with van der Waals surface area (Å²) >= 11 is 0. The van der Waals surface area contributed by atoms with Crippen LogP contribution in [0.25, 0.3) is 0 Å². The molecular formula is C11H18F3NO3. The molecular weight excluding hydrogens is 251 g/mol. The zero-order valence-corrected chi connectivity index (χ0v) is 10.6. The van der Waals surface area contributed by atoms with E-state index in [1.54, 1.807) is 20.8 Å². The number of rotatable bonds is 1. The summed E-state index contributed by atoms with van der Waals surface area (Å²) in [6, 6.07) is 0. The topological polar surface area (TPSA) is 49.8 Å². The van der Waals surface area contributed by atoms with E-state index < -0.39 is 42.9 Å². The van der Waals surface area contributed by atoms with Gasteiger partial charge in [0.25, 0.3) is 0 Å². The Labute approximate surface area is 104 Å². The molecule has 0 aromatic carbocycles. The molecule has 0 aliphatic carbocycles. The second-order valence-corrected chi connectivity index (χ2v) is 5.48. The normalized spacial score (nSPS) is 25.4. The number of halogens is 3. The lowest BCUT2D eigenvalue weighted by atomic mass is 9.97. The minimum absolute atomic E-state index is 0.129. The molecule has 0 bridgehead atoms. The molecule has 1 aliphatic heterocycles. The number of hydrogen-bond donors (Lipinski definition) is 1. The third kappa shape index (κ3) is 3.76. The first-order valence-corrected chi connectivity index (χ1v) is 5.70. The highest BCUT2D eigenvalue weighted by molar-refractivity contribution is 5.68. The molecule has 2 atom stereocenters. The molecule has 0 aromatic heterocycles. The second kappa shape index (κ2) is 4.95. The molecule has 1 rings (SSSR count). The van der Waals surface area contributed by atoms with E-state index in [1.807, 2.05) is 0 Å². The van der Waals surface area contributed by atoms with Crippen molar-refractivity contribution in [2.75, 3.05) is 19.7 Å². The summed E-state index contributed by atoms with van der Waals surface area (Å²) in [5.41, 5.74) is -0.748. The van der Waals surface area contributed by atoms with Crippen molar-refractivity contribution in [1.29, 1.82) is 0 Å². The maximum Gasteiger partial charge on any atom is 0.410 e. The lowest BCUT2D eigenvalue weighted by Crippen LogP contribution is -2.36.